The molecule has 2 heterocycles. The topological polar surface area (TPSA) is 73.5 Å². The number of aromatic nitrogens is 2. The van der Waals surface area contributed by atoms with Crippen LogP contribution >= 0.6 is 11.9 Å². The summed E-state index contributed by atoms with van der Waals surface area (Å²) in [5, 5.41) is 2.85. The van der Waals surface area contributed by atoms with E-state index in [4.69, 9.17) is 4.74 Å². The molecular weight excluding hydrogens is 350 g/mol. The van der Waals surface area contributed by atoms with Crippen LogP contribution in [0.1, 0.15) is 26.6 Å². The molecule has 0 atom stereocenters. The van der Waals surface area contributed by atoms with E-state index in [0.29, 0.717) is 11.4 Å². The number of aromatic amines is 1. The summed E-state index contributed by atoms with van der Waals surface area (Å²) in [7, 11) is 3.69. The Bertz CT molecular complexity index is 791. The van der Waals surface area contributed by atoms with E-state index in [0.717, 1.165) is 43.0 Å². The number of hydrogen-bond acceptors (Lipinski definition) is 6. The molecule has 26 heavy (non-hydrogen) atoms. The minimum Gasteiger partial charge on any atom is -0.494 e. The van der Waals surface area contributed by atoms with Crippen molar-refractivity contribution in [1.82, 2.24) is 19.2 Å². The first kappa shape index (κ1) is 19.0. The zero-order valence-electron chi connectivity index (χ0n) is 16.0. The first-order valence-electron chi connectivity index (χ1n) is 8.77. The molecule has 142 valence electrons. The maximum Gasteiger partial charge on any atom is 0.298 e. The molecule has 0 spiro atoms. The summed E-state index contributed by atoms with van der Waals surface area (Å²) in [5.74, 6) is 1.52. The molecule has 1 aromatic heterocycles. The highest BCUT2D eigenvalue weighted by atomic mass is 32.2. The van der Waals surface area contributed by atoms with Crippen molar-refractivity contribution in [2.24, 2.45) is 0 Å². The van der Waals surface area contributed by atoms with Crippen molar-refractivity contribution in [2.75, 3.05) is 45.7 Å². The van der Waals surface area contributed by atoms with E-state index in [1.54, 1.807) is 7.11 Å². The smallest absolute Gasteiger partial charge is 0.298 e. The number of benzene rings is 1. The van der Waals surface area contributed by atoms with Crippen LogP contribution in [0.5, 0.6) is 5.75 Å². The highest BCUT2D eigenvalue weighted by molar-refractivity contribution is 8.11. The fourth-order valence-electron chi connectivity index (χ4n) is 2.79. The number of methoxy groups -OCH3 is 1. The lowest BCUT2D eigenvalue weighted by atomic mass is 9.96. The number of carbonyl (C=O) groups is 1. The maximum atomic E-state index is 12.4. The minimum atomic E-state index is -0.109. The van der Waals surface area contributed by atoms with Gasteiger partial charge in [-0.15, -0.1) is 0 Å². The van der Waals surface area contributed by atoms with Crippen molar-refractivity contribution in [2.45, 2.75) is 26.2 Å². The molecule has 2 N–H and O–H groups in total. The van der Waals surface area contributed by atoms with Crippen LogP contribution in [0.2, 0.25) is 0 Å². The van der Waals surface area contributed by atoms with Crippen LogP contribution in [0.3, 0.4) is 0 Å². The van der Waals surface area contributed by atoms with Gasteiger partial charge in [-0.2, -0.15) is 0 Å². The van der Waals surface area contributed by atoms with Gasteiger partial charge in [0.25, 0.3) is 5.24 Å². The van der Waals surface area contributed by atoms with Crippen molar-refractivity contribution in [3.05, 3.63) is 18.0 Å². The zero-order chi connectivity index (χ0) is 18.9. The highest BCUT2D eigenvalue weighted by Crippen LogP contribution is 2.32. The second kappa shape index (κ2) is 7.46. The molecule has 3 rings (SSSR count). The molecule has 8 heteroatoms. The van der Waals surface area contributed by atoms with Gasteiger partial charge in [0.05, 0.1) is 23.8 Å². The first-order valence-corrected chi connectivity index (χ1v) is 9.54. The van der Waals surface area contributed by atoms with Crippen molar-refractivity contribution in [3.8, 4) is 5.75 Å². The summed E-state index contributed by atoms with van der Waals surface area (Å²) >= 11 is 1.23. The van der Waals surface area contributed by atoms with Gasteiger partial charge in [-0.25, -0.2) is 9.29 Å². The van der Waals surface area contributed by atoms with Gasteiger partial charge in [-0.3, -0.25) is 4.79 Å². The van der Waals surface area contributed by atoms with E-state index in [2.05, 4.69) is 52.3 Å². The molecule has 7 nitrogen and oxygen atoms in total. The predicted molar refractivity (Wildman–Crippen MR) is 107 cm³/mol. The van der Waals surface area contributed by atoms with Gasteiger partial charge in [0.2, 0.25) is 0 Å². The quantitative estimate of drug-likeness (QED) is 0.800. The second-order valence-electron chi connectivity index (χ2n) is 7.64. The molecule has 1 aliphatic rings. The molecule has 1 aromatic carbocycles. The highest BCUT2D eigenvalue weighted by Gasteiger charge is 2.21. The lowest BCUT2D eigenvalue weighted by Gasteiger charge is -2.30. The van der Waals surface area contributed by atoms with Crippen molar-refractivity contribution in [1.29, 1.82) is 0 Å². The van der Waals surface area contributed by atoms with E-state index in [1.165, 1.54) is 11.9 Å². The second-order valence-corrected chi connectivity index (χ2v) is 8.71. The Hall–Kier alpha value is -1.77. The Balaban J connectivity index is 1.76. The lowest BCUT2D eigenvalue weighted by molar-refractivity contribution is 0.232. The number of likely N-dealkylation sites (N-methyl/N-ethyl adjacent to an activating group) is 1. The van der Waals surface area contributed by atoms with Gasteiger partial charge in [-0.05, 0) is 13.1 Å². The number of carbonyl (C=O) groups excluding carboxylic acids is 1. The molecule has 0 aliphatic carbocycles. The summed E-state index contributed by atoms with van der Waals surface area (Å²) in [6, 6.07) is 3.75. The summed E-state index contributed by atoms with van der Waals surface area (Å²) < 4.78 is 7.55. The van der Waals surface area contributed by atoms with Crippen LogP contribution in [-0.4, -0.2) is 64.7 Å². The molecule has 0 bridgehead atoms. The Kier molecular flexibility index (Phi) is 5.45. The number of amides is 1. The lowest BCUT2D eigenvalue weighted by Crippen LogP contribution is -2.41. The summed E-state index contributed by atoms with van der Waals surface area (Å²) in [4.78, 5) is 22.7. The van der Waals surface area contributed by atoms with Crippen LogP contribution in [-0.2, 0) is 5.41 Å². The van der Waals surface area contributed by atoms with Gasteiger partial charge < -0.3 is 19.9 Å². The molecule has 0 radical (unpaired) electrons. The van der Waals surface area contributed by atoms with Crippen LogP contribution in [0, 0.1) is 0 Å². The molecule has 1 fully saturated rings. The van der Waals surface area contributed by atoms with Gasteiger partial charge in [0.1, 0.15) is 11.6 Å². The standard InChI is InChI=1S/C18H27N5O2S/c1-18(2,3)16-19-12-10-14(15(25-5)11-13(12)20-16)21-17(24)26-23-8-6-22(4)7-9-23/h10-11H,6-9H2,1-5H3,(H,19,20)(H,21,24). The van der Waals surface area contributed by atoms with Gasteiger partial charge in [-0.1, -0.05) is 20.8 Å². The minimum absolute atomic E-state index is 0.0764. The Morgan fingerprint density at radius 1 is 1.27 bits per heavy atom. The van der Waals surface area contributed by atoms with E-state index in [9.17, 15) is 4.79 Å². The summed E-state index contributed by atoms with van der Waals surface area (Å²) in [5.41, 5.74) is 2.29. The monoisotopic (exact) mass is 377 g/mol. The average Bonchev–Trinajstić information content (AvgIpc) is 2.99. The third-order valence-corrected chi connectivity index (χ3v) is 5.32. The number of rotatable bonds is 3. The average molecular weight is 378 g/mol. The fraction of sp³-hybridized carbons (Fsp3) is 0.556. The third-order valence-electron chi connectivity index (χ3n) is 4.42. The Morgan fingerprint density at radius 3 is 2.58 bits per heavy atom. The van der Waals surface area contributed by atoms with Crippen LogP contribution in [0.4, 0.5) is 10.5 Å². The molecule has 0 saturated carbocycles. The number of nitrogens with zero attached hydrogens (tertiary/aromatic N) is 3. The zero-order valence-corrected chi connectivity index (χ0v) is 16.9. The number of nitrogens with one attached hydrogen (secondary N) is 2. The molecule has 1 amide bonds. The summed E-state index contributed by atoms with van der Waals surface area (Å²) in [6.45, 7) is 10.0. The Labute approximate surface area is 158 Å². The number of imidazole rings is 1. The SMILES string of the molecule is COc1cc2nc(C(C)(C)C)[nH]c2cc1NC(=O)SN1CCN(C)CC1. The number of fused-ring (bicyclic) bond motifs is 1. The number of H-pyrrole nitrogens is 1. The third kappa shape index (κ3) is 4.31. The number of hydrogen-bond donors (Lipinski definition) is 2. The first-order chi connectivity index (χ1) is 12.3. The van der Waals surface area contributed by atoms with Gasteiger partial charge in [0.15, 0.2) is 0 Å². The number of piperazine rings is 1. The number of ether oxygens (including phenoxy) is 1. The normalized spacial score (nSPS) is 16.8. The predicted octanol–water partition coefficient (Wildman–Crippen LogP) is 3.30. The van der Waals surface area contributed by atoms with E-state index in [1.807, 2.05) is 12.1 Å². The molecular formula is C18H27N5O2S. The van der Waals surface area contributed by atoms with Gasteiger partial charge >= 0.3 is 0 Å². The van der Waals surface area contributed by atoms with Crippen LogP contribution < -0.4 is 10.1 Å². The molecule has 1 aliphatic heterocycles. The van der Waals surface area contributed by atoms with E-state index >= 15 is 0 Å². The van der Waals surface area contributed by atoms with Crippen LogP contribution in [0.25, 0.3) is 11.0 Å². The fourth-order valence-corrected chi connectivity index (χ4v) is 3.52. The molecule has 1 saturated heterocycles. The van der Waals surface area contributed by atoms with E-state index < -0.39 is 0 Å². The van der Waals surface area contributed by atoms with E-state index in [-0.39, 0.29) is 10.7 Å². The largest absolute Gasteiger partial charge is 0.494 e. The van der Waals surface area contributed by atoms with Gasteiger partial charge in [0, 0.05) is 49.6 Å². The van der Waals surface area contributed by atoms with Crippen molar-refractivity contribution >= 4 is 33.9 Å². The Morgan fingerprint density at radius 2 is 1.96 bits per heavy atom. The van der Waals surface area contributed by atoms with Crippen molar-refractivity contribution < 1.29 is 9.53 Å². The summed E-state index contributed by atoms with van der Waals surface area (Å²) in [6.07, 6.45) is 0. The maximum absolute atomic E-state index is 12.4. The van der Waals surface area contributed by atoms with Crippen molar-refractivity contribution in [3.63, 3.8) is 0 Å². The molecule has 2 aromatic rings. The van der Waals surface area contributed by atoms with Crippen LogP contribution in [0.15, 0.2) is 12.1 Å². The molecule has 0 unspecified atom stereocenters. The number of anilines is 1.